The molecule has 0 radical (unpaired) electrons. The molecule has 0 unspecified atom stereocenters. The van der Waals surface area contributed by atoms with Crippen LogP contribution in [0.25, 0.3) is 16.6 Å². The van der Waals surface area contributed by atoms with Gasteiger partial charge in [0.05, 0.1) is 22.8 Å². The minimum absolute atomic E-state index is 0.867. The second-order valence-corrected chi connectivity index (χ2v) is 5.98. The van der Waals surface area contributed by atoms with E-state index in [0.717, 1.165) is 34.3 Å². The molecule has 0 amide bonds. The summed E-state index contributed by atoms with van der Waals surface area (Å²) >= 11 is 0. The molecule has 0 saturated heterocycles. The van der Waals surface area contributed by atoms with Gasteiger partial charge in [0.1, 0.15) is 5.82 Å². The lowest BCUT2D eigenvalue weighted by Gasteiger charge is -2.19. The van der Waals surface area contributed by atoms with Crippen LogP contribution in [-0.4, -0.2) is 11.6 Å². The summed E-state index contributed by atoms with van der Waals surface area (Å²) in [4.78, 5) is 2.15. The monoisotopic (exact) mass is 316 g/mol. The number of benzene rings is 2. The molecule has 2 N–H and O–H groups in total. The Morgan fingerprint density at radius 3 is 2.71 bits per heavy atom. The number of hydrogen-bond acceptors (Lipinski definition) is 3. The van der Waals surface area contributed by atoms with Crippen molar-refractivity contribution >= 4 is 33.7 Å². The van der Waals surface area contributed by atoms with E-state index in [1.54, 1.807) is 0 Å². The number of aryl methyl sites for hydroxylation is 1. The third-order valence-corrected chi connectivity index (χ3v) is 4.59. The van der Waals surface area contributed by atoms with Crippen molar-refractivity contribution in [1.82, 2.24) is 9.88 Å². The molecule has 1 aliphatic rings. The summed E-state index contributed by atoms with van der Waals surface area (Å²) in [6.45, 7) is 8.23. The Morgan fingerprint density at radius 1 is 1.12 bits per heavy atom. The van der Waals surface area contributed by atoms with Crippen molar-refractivity contribution in [3.8, 4) is 0 Å². The Labute approximate surface area is 141 Å². The number of nitrogens with one attached hydrogen (secondary N) is 2. The topological polar surface area (TPSA) is 32.2 Å². The minimum Gasteiger partial charge on any atom is -0.387 e. The zero-order chi connectivity index (χ0) is 16.8. The van der Waals surface area contributed by atoms with Gasteiger partial charge < -0.3 is 15.2 Å². The van der Waals surface area contributed by atoms with Gasteiger partial charge in [0.15, 0.2) is 0 Å². The number of nitrogens with zero attached hydrogens (tertiary/aromatic N) is 2. The standard InChI is InChI=1S/C20H20N4/c1-13(21-3)20-12-15-11-16(9-10-18(15)23(20)4)24-14(2)22-17-7-5-6-8-19(17)24/h5-12,21-22H,1-2H2,3-4H3. The molecular weight excluding hydrogens is 296 g/mol. The molecule has 0 atom stereocenters. The molecule has 0 fully saturated rings. The third-order valence-electron chi connectivity index (χ3n) is 4.59. The van der Waals surface area contributed by atoms with Crippen molar-refractivity contribution in [1.29, 1.82) is 0 Å². The maximum atomic E-state index is 4.16. The lowest BCUT2D eigenvalue weighted by atomic mass is 10.2. The van der Waals surface area contributed by atoms with Crippen LogP contribution in [0.1, 0.15) is 5.69 Å². The van der Waals surface area contributed by atoms with E-state index in [0.29, 0.717) is 0 Å². The number of aromatic nitrogens is 1. The van der Waals surface area contributed by atoms with E-state index in [1.807, 2.05) is 19.2 Å². The zero-order valence-corrected chi connectivity index (χ0v) is 13.9. The van der Waals surface area contributed by atoms with Crippen LogP contribution in [0.2, 0.25) is 0 Å². The number of hydrogen-bond donors (Lipinski definition) is 2. The fourth-order valence-electron chi connectivity index (χ4n) is 3.32. The first-order valence-electron chi connectivity index (χ1n) is 7.92. The first kappa shape index (κ1) is 14.5. The Kier molecular flexibility index (Phi) is 3.13. The van der Waals surface area contributed by atoms with Crippen LogP contribution in [-0.2, 0) is 7.05 Å². The molecule has 0 spiro atoms. The highest BCUT2D eigenvalue weighted by Crippen LogP contribution is 2.41. The van der Waals surface area contributed by atoms with Gasteiger partial charge in [-0.25, -0.2) is 0 Å². The van der Waals surface area contributed by atoms with Gasteiger partial charge in [-0.05, 0) is 36.4 Å². The highest BCUT2D eigenvalue weighted by Gasteiger charge is 2.23. The number of anilines is 3. The third kappa shape index (κ3) is 2.00. The van der Waals surface area contributed by atoms with Crippen LogP contribution in [0.3, 0.4) is 0 Å². The Balaban J connectivity index is 1.84. The quantitative estimate of drug-likeness (QED) is 0.751. The molecule has 4 rings (SSSR count). The number of fused-ring (bicyclic) bond motifs is 2. The SMILES string of the molecule is C=C(NC)c1cc2cc(N3C(=C)Nc4ccccc43)ccc2n1C. The normalized spacial score (nSPS) is 13.1. The van der Waals surface area contributed by atoms with Crippen molar-refractivity contribution < 1.29 is 0 Å². The molecule has 4 nitrogen and oxygen atoms in total. The van der Waals surface area contributed by atoms with Gasteiger partial charge in [-0.15, -0.1) is 0 Å². The van der Waals surface area contributed by atoms with E-state index in [9.17, 15) is 0 Å². The number of rotatable bonds is 3. The van der Waals surface area contributed by atoms with Crippen LogP contribution in [0.15, 0.2) is 67.5 Å². The summed E-state index contributed by atoms with van der Waals surface area (Å²) in [5.74, 6) is 0.867. The molecule has 1 aliphatic heterocycles. The first-order valence-corrected chi connectivity index (χ1v) is 7.92. The van der Waals surface area contributed by atoms with Crippen molar-refractivity contribution in [2.75, 3.05) is 17.3 Å². The average molecular weight is 316 g/mol. The van der Waals surface area contributed by atoms with E-state index in [2.05, 4.69) is 76.7 Å². The maximum absolute atomic E-state index is 4.16. The Morgan fingerprint density at radius 2 is 1.92 bits per heavy atom. The molecule has 0 bridgehead atoms. The smallest absolute Gasteiger partial charge is 0.108 e. The predicted octanol–water partition coefficient (Wildman–Crippen LogP) is 4.40. The molecule has 24 heavy (non-hydrogen) atoms. The first-order chi connectivity index (χ1) is 11.6. The summed E-state index contributed by atoms with van der Waals surface area (Å²) in [6.07, 6.45) is 0. The summed E-state index contributed by atoms with van der Waals surface area (Å²) in [6, 6.07) is 16.9. The summed E-state index contributed by atoms with van der Waals surface area (Å²) < 4.78 is 2.16. The highest BCUT2D eigenvalue weighted by atomic mass is 15.3. The van der Waals surface area contributed by atoms with Crippen LogP contribution in [0, 0.1) is 0 Å². The van der Waals surface area contributed by atoms with Crippen LogP contribution in [0.4, 0.5) is 17.1 Å². The van der Waals surface area contributed by atoms with Crippen molar-refractivity contribution in [3.05, 3.63) is 73.2 Å². The molecule has 2 aromatic carbocycles. The van der Waals surface area contributed by atoms with Crippen molar-refractivity contribution in [2.45, 2.75) is 0 Å². The van der Waals surface area contributed by atoms with Gasteiger partial charge >= 0.3 is 0 Å². The average Bonchev–Trinajstić information content (AvgIpc) is 3.10. The molecule has 3 aromatic rings. The number of para-hydroxylation sites is 2. The van der Waals surface area contributed by atoms with Gasteiger partial charge in [0.25, 0.3) is 0 Å². The molecule has 1 aromatic heterocycles. The zero-order valence-electron chi connectivity index (χ0n) is 13.9. The van der Waals surface area contributed by atoms with E-state index in [1.165, 1.54) is 10.9 Å². The highest BCUT2D eigenvalue weighted by molar-refractivity contribution is 5.93. The fourth-order valence-corrected chi connectivity index (χ4v) is 3.32. The Hall–Kier alpha value is -3.14. The molecule has 4 heteroatoms. The summed E-state index contributed by atoms with van der Waals surface area (Å²) in [7, 11) is 3.95. The molecule has 0 saturated carbocycles. The molecule has 0 aliphatic carbocycles. The molecular formula is C20H20N4. The second-order valence-electron chi connectivity index (χ2n) is 5.98. The Bertz CT molecular complexity index is 980. The van der Waals surface area contributed by atoms with E-state index >= 15 is 0 Å². The summed E-state index contributed by atoms with van der Waals surface area (Å²) in [5.41, 5.74) is 6.47. The minimum atomic E-state index is 0.867. The maximum Gasteiger partial charge on any atom is 0.108 e. The van der Waals surface area contributed by atoms with Gasteiger partial charge in [0.2, 0.25) is 0 Å². The van der Waals surface area contributed by atoms with Crippen LogP contribution in [0.5, 0.6) is 0 Å². The van der Waals surface area contributed by atoms with Gasteiger partial charge in [-0.3, -0.25) is 4.90 Å². The lowest BCUT2D eigenvalue weighted by Crippen LogP contribution is -2.13. The van der Waals surface area contributed by atoms with Crippen LogP contribution < -0.4 is 15.5 Å². The second kappa shape index (κ2) is 5.20. The summed E-state index contributed by atoms with van der Waals surface area (Å²) in [5, 5.41) is 7.64. The van der Waals surface area contributed by atoms with Crippen LogP contribution >= 0.6 is 0 Å². The van der Waals surface area contributed by atoms with E-state index in [4.69, 9.17) is 0 Å². The fraction of sp³-hybridized carbons (Fsp3) is 0.100. The molecule has 2 heterocycles. The lowest BCUT2D eigenvalue weighted by molar-refractivity contribution is 0.928. The van der Waals surface area contributed by atoms with E-state index < -0.39 is 0 Å². The van der Waals surface area contributed by atoms with Gasteiger partial charge in [-0.1, -0.05) is 25.3 Å². The molecule has 120 valence electrons. The van der Waals surface area contributed by atoms with Crippen molar-refractivity contribution in [3.63, 3.8) is 0 Å². The van der Waals surface area contributed by atoms with Gasteiger partial charge in [-0.2, -0.15) is 0 Å². The predicted molar refractivity (Wildman–Crippen MR) is 102 cm³/mol. The van der Waals surface area contributed by atoms with Crippen molar-refractivity contribution in [2.24, 2.45) is 7.05 Å². The largest absolute Gasteiger partial charge is 0.387 e. The van der Waals surface area contributed by atoms with Gasteiger partial charge in [0, 0.05) is 30.7 Å². The van der Waals surface area contributed by atoms with E-state index in [-0.39, 0.29) is 0 Å².